The molecule has 0 aliphatic carbocycles. The number of hydrogen-bond acceptors (Lipinski definition) is 4. The van der Waals surface area contributed by atoms with Crippen LogP contribution < -0.4 is 15.5 Å². The van der Waals surface area contributed by atoms with Crippen molar-refractivity contribution in [3.8, 4) is 5.75 Å². The number of anilines is 1. The Labute approximate surface area is 177 Å². The quantitative estimate of drug-likeness (QED) is 0.326. The van der Waals surface area contributed by atoms with Crippen LogP contribution in [0, 0.1) is 11.6 Å². The molecule has 3 aromatic carbocycles. The van der Waals surface area contributed by atoms with E-state index in [0.29, 0.717) is 23.6 Å². The molecule has 0 radical (unpaired) electrons. The average Bonchev–Trinajstić information content (AvgIpc) is 2.76. The van der Waals surface area contributed by atoms with Crippen molar-refractivity contribution < 1.29 is 23.1 Å². The Morgan fingerprint density at radius 3 is 2.10 bits per heavy atom. The average molecular weight is 423 g/mol. The SMILES string of the molecule is O=C(CC(=O)Nc1ccc(F)cc1)NN=Cc1ccc(OCc2ccc(F)cc2)cc1. The fourth-order valence-corrected chi connectivity index (χ4v) is 2.50. The predicted octanol–water partition coefficient (Wildman–Crippen LogP) is 4.02. The highest BCUT2D eigenvalue weighted by atomic mass is 19.1. The van der Waals surface area contributed by atoms with Gasteiger partial charge in [0.1, 0.15) is 30.4 Å². The van der Waals surface area contributed by atoms with Crippen molar-refractivity contribution in [2.75, 3.05) is 5.32 Å². The van der Waals surface area contributed by atoms with Crippen molar-refractivity contribution in [1.82, 2.24) is 5.43 Å². The fourth-order valence-electron chi connectivity index (χ4n) is 2.50. The first kappa shape index (κ1) is 21.6. The van der Waals surface area contributed by atoms with Gasteiger partial charge >= 0.3 is 0 Å². The Kier molecular flexibility index (Phi) is 7.42. The van der Waals surface area contributed by atoms with Gasteiger partial charge in [-0.15, -0.1) is 0 Å². The molecule has 3 rings (SSSR count). The first-order valence-electron chi connectivity index (χ1n) is 9.32. The lowest BCUT2D eigenvalue weighted by Gasteiger charge is -2.06. The standard InChI is InChI=1S/C23H19F2N3O3/c24-18-5-1-17(2-6-18)15-31-21-11-3-16(4-12-21)14-26-28-23(30)13-22(29)27-20-9-7-19(25)8-10-20/h1-12,14H,13,15H2,(H,27,29)(H,28,30). The zero-order valence-electron chi connectivity index (χ0n) is 16.3. The number of hydrogen-bond donors (Lipinski definition) is 2. The van der Waals surface area contributed by atoms with Crippen LogP contribution in [0.5, 0.6) is 5.75 Å². The molecule has 0 heterocycles. The minimum Gasteiger partial charge on any atom is -0.489 e. The van der Waals surface area contributed by atoms with Gasteiger partial charge in [-0.25, -0.2) is 14.2 Å². The highest BCUT2D eigenvalue weighted by Gasteiger charge is 2.09. The Morgan fingerprint density at radius 1 is 0.839 bits per heavy atom. The summed E-state index contributed by atoms with van der Waals surface area (Å²) in [5.74, 6) is -1.22. The third kappa shape index (κ3) is 7.36. The number of amides is 2. The summed E-state index contributed by atoms with van der Waals surface area (Å²) in [7, 11) is 0. The van der Waals surface area contributed by atoms with Gasteiger partial charge in [-0.05, 0) is 71.8 Å². The van der Waals surface area contributed by atoms with Crippen LogP contribution in [-0.2, 0) is 16.2 Å². The Morgan fingerprint density at radius 2 is 1.45 bits per heavy atom. The highest BCUT2D eigenvalue weighted by Crippen LogP contribution is 2.14. The van der Waals surface area contributed by atoms with Gasteiger partial charge in [0, 0.05) is 5.69 Å². The first-order valence-corrected chi connectivity index (χ1v) is 9.32. The predicted molar refractivity (Wildman–Crippen MR) is 113 cm³/mol. The van der Waals surface area contributed by atoms with E-state index < -0.39 is 24.1 Å². The topological polar surface area (TPSA) is 79.8 Å². The summed E-state index contributed by atoms with van der Waals surface area (Å²) in [5.41, 5.74) is 4.22. The normalized spacial score (nSPS) is 10.6. The summed E-state index contributed by atoms with van der Waals surface area (Å²) in [6.07, 6.45) is 1.00. The second-order valence-corrected chi connectivity index (χ2v) is 6.51. The number of nitrogens with one attached hydrogen (secondary N) is 2. The summed E-state index contributed by atoms with van der Waals surface area (Å²) in [6.45, 7) is 0.309. The molecule has 2 N–H and O–H groups in total. The molecule has 0 bridgehead atoms. The molecule has 0 saturated carbocycles. The number of carbonyl (C=O) groups is 2. The molecule has 0 aromatic heterocycles. The van der Waals surface area contributed by atoms with E-state index in [4.69, 9.17) is 4.74 Å². The molecular weight excluding hydrogens is 404 g/mol. The number of benzene rings is 3. The number of carbonyl (C=O) groups excluding carboxylic acids is 2. The van der Waals surface area contributed by atoms with E-state index in [2.05, 4.69) is 15.8 Å². The van der Waals surface area contributed by atoms with Crippen LogP contribution in [0.1, 0.15) is 17.5 Å². The molecule has 2 amide bonds. The van der Waals surface area contributed by atoms with Gasteiger partial charge in [0.15, 0.2) is 0 Å². The van der Waals surface area contributed by atoms with Crippen molar-refractivity contribution in [2.45, 2.75) is 13.0 Å². The molecule has 31 heavy (non-hydrogen) atoms. The van der Waals surface area contributed by atoms with Gasteiger partial charge in [-0.2, -0.15) is 5.10 Å². The maximum absolute atomic E-state index is 12.9. The lowest BCUT2D eigenvalue weighted by atomic mass is 10.2. The molecular formula is C23H19F2N3O3. The molecule has 3 aromatic rings. The largest absolute Gasteiger partial charge is 0.489 e. The molecule has 0 unspecified atom stereocenters. The summed E-state index contributed by atoms with van der Waals surface area (Å²) in [6, 6.07) is 18.2. The minimum absolute atomic E-state index is 0.298. The Bertz CT molecular complexity index is 1050. The van der Waals surface area contributed by atoms with E-state index >= 15 is 0 Å². The number of hydrazone groups is 1. The Hall–Kier alpha value is -4.07. The number of halogens is 2. The lowest BCUT2D eigenvalue weighted by molar-refractivity contribution is -0.126. The van der Waals surface area contributed by atoms with E-state index in [0.717, 1.165) is 5.56 Å². The highest BCUT2D eigenvalue weighted by molar-refractivity contribution is 6.03. The third-order valence-electron chi connectivity index (χ3n) is 4.05. The smallest absolute Gasteiger partial charge is 0.249 e. The van der Waals surface area contributed by atoms with Gasteiger partial charge in [0.2, 0.25) is 11.8 Å². The van der Waals surface area contributed by atoms with Crippen LogP contribution in [0.25, 0.3) is 0 Å². The van der Waals surface area contributed by atoms with E-state index in [1.54, 1.807) is 36.4 Å². The van der Waals surface area contributed by atoms with Crippen molar-refractivity contribution in [3.63, 3.8) is 0 Å². The minimum atomic E-state index is -0.588. The zero-order valence-corrected chi connectivity index (χ0v) is 16.3. The van der Waals surface area contributed by atoms with Gasteiger partial charge in [0.25, 0.3) is 0 Å². The third-order valence-corrected chi connectivity index (χ3v) is 4.05. The van der Waals surface area contributed by atoms with Gasteiger partial charge < -0.3 is 10.1 Å². The van der Waals surface area contributed by atoms with Crippen LogP contribution in [0.2, 0.25) is 0 Å². The maximum atomic E-state index is 12.9. The molecule has 0 fully saturated rings. The fraction of sp³-hybridized carbons (Fsp3) is 0.0870. The summed E-state index contributed by atoms with van der Waals surface area (Å²) >= 11 is 0. The molecule has 0 atom stereocenters. The number of nitrogens with zero attached hydrogens (tertiary/aromatic N) is 1. The molecule has 158 valence electrons. The molecule has 0 spiro atoms. The van der Waals surface area contributed by atoms with E-state index in [1.165, 1.54) is 42.6 Å². The van der Waals surface area contributed by atoms with E-state index in [9.17, 15) is 18.4 Å². The molecule has 0 aliphatic rings. The lowest BCUT2D eigenvalue weighted by Crippen LogP contribution is -2.24. The first-order chi connectivity index (χ1) is 15.0. The monoisotopic (exact) mass is 423 g/mol. The number of ether oxygens (including phenoxy) is 1. The van der Waals surface area contributed by atoms with Crippen LogP contribution in [0.15, 0.2) is 77.9 Å². The summed E-state index contributed by atoms with van der Waals surface area (Å²) in [5, 5.41) is 6.30. The summed E-state index contributed by atoms with van der Waals surface area (Å²) < 4.78 is 31.4. The molecule has 0 saturated heterocycles. The Balaban J connectivity index is 1.41. The van der Waals surface area contributed by atoms with Crippen molar-refractivity contribution in [1.29, 1.82) is 0 Å². The summed E-state index contributed by atoms with van der Waals surface area (Å²) in [4.78, 5) is 23.6. The van der Waals surface area contributed by atoms with Crippen LogP contribution in [0.4, 0.5) is 14.5 Å². The molecule has 8 heteroatoms. The van der Waals surface area contributed by atoms with Crippen LogP contribution >= 0.6 is 0 Å². The van der Waals surface area contributed by atoms with Crippen LogP contribution in [0.3, 0.4) is 0 Å². The van der Waals surface area contributed by atoms with E-state index in [-0.39, 0.29) is 5.82 Å². The molecule has 6 nitrogen and oxygen atoms in total. The second kappa shape index (κ2) is 10.6. The number of rotatable bonds is 8. The zero-order chi connectivity index (χ0) is 22.1. The second-order valence-electron chi connectivity index (χ2n) is 6.51. The van der Waals surface area contributed by atoms with Gasteiger partial charge in [-0.1, -0.05) is 12.1 Å². The van der Waals surface area contributed by atoms with Crippen molar-refractivity contribution in [3.05, 3.63) is 95.6 Å². The maximum Gasteiger partial charge on any atom is 0.249 e. The van der Waals surface area contributed by atoms with Crippen molar-refractivity contribution >= 4 is 23.7 Å². The van der Waals surface area contributed by atoms with Crippen LogP contribution in [-0.4, -0.2) is 18.0 Å². The van der Waals surface area contributed by atoms with Gasteiger partial charge in [-0.3, -0.25) is 9.59 Å². The molecule has 0 aliphatic heterocycles. The van der Waals surface area contributed by atoms with Crippen molar-refractivity contribution in [2.24, 2.45) is 5.10 Å². The van der Waals surface area contributed by atoms with Gasteiger partial charge in [0.05, 0.1) is 6.21 Å². The van der Waals surface area contributed by atoms with E-state index in [1.807, 2.05) is 0 Å².